The van der Waals surface area contributed by atoms with Gasteiger partial charge in [-0.15, -0.1) is 23.4 Å². The third kappa shape index (κ3) is 2.08. The van der Waals surface area contributed by atoms with Crippen LogP contribution in [0.15, 0.2) is 23.1 Å². The van der Waals surface area contributed by atoms with E-state index in [0.29, 0.717) is 0 Å². The van der Waals surface area contributed by atoms with Crippen molar-refractivity contribution in [2.24, 2.45) is 0 Å². The predicted molar refractivity (Wildman–Crippen MR) is 63.1 cm³/mol. The molecule has 0 saturated carbocycles. The van der Waals surface area contributed by atoms with E-state index in [1.807, 2.05) is 18.8 Å². The Hall–Kier alpha value is -0.180. The molecule has 1 N–H and O–H groups in total. The first-order valence-electron chi connectivity index (χ1n) is 4.88. The van der Waals surface area contributed by atoms with Crippen LogP contribution in [0.2, 0.25) is 0 Å². The maximum Gasteiger partial charge on any atom is 0.108 e. The molecular weight excluding hydrogens is 214 g/mol. The summed E-state index contributed by atoms with van der Waals surface area (Å²) in [4.78, 5) is 1.43. The lowest BCUT2D eigenvalue weighted by Gasteiger charge is -2.17. The fraction of sp³-hybridized carbons (Fsp3) is 0.455. The van der Waals surface area contributed by atoms with Crippen LogP contribution in [0.5, 0.6) is 0 Å². The molecular formula is C11H14ClNS. The number of halogens is 1. The van der Waals surface area contributed by atoms with Crippen LogP contribution in [-0.2, 0) is 6.42 Å². The largest absolute Gasteiger partial charge is 0.301 e. The van der Waals surface area contributed by atoms with Crippen LogP contribution < -0.4 is 5.32 Å². The SMILES string of the molecule is CNC(Cl)c1ccc2c(c1)CCCS2. The van der Waals surface area contributed by atoms with Crippen molar-refractivity contribution < 1.29 is 0 Å². The van der Waals surface area contributed by atoms with Gasteiger partial charge < -0.3 is 5.32 Å². The number of thioether (sulfide) groups is 1. The third-order valence-electron chi connectivity index (χ3n) is 2.48. The van der Waals surface area contributed by atoms with Crippen molar-refractivity contribution in [2.45, 2.75) is 23.2 Å². The average Bonchev–Trinajstić information content (AvgIpc) is 2.27. The highest BCUT2D eigenvalue weighted by Gasteiger charge is 2.12. The Morgan fingerprint density at radius 1 is 1.50 bits per heavy atom. The zero-order valence-electron chi connectivity index (χ0n) is 8.22. The first-order valence-corrected chi connectivity index (χ1v) is 6.30. The predicted octanol–water partition coefficient (Wildman–Crippen LogP) is 3.18. The molecule has 1 atom stereocenters. The van der Waals surface area contributed by atoms with Crippen molar-refractivity contribution in [2.75, 3.05) is 12.8 Å². The van der Waals surface area contributed by atoms with E-state index in [2.05, 4.69) is 23.5 Å². The van der Waals surface area contributed by atoms with E-state index in [0.717, 1.165) is 0 Å². The average molecular weight is 228 g/mol. The van der Waals surface area contributed by atoms with Gasteiger partial charge in [0.25, 0.3) is 0 Å². The number of aryl methyl sites for hydroxylation is 1. The fourth-order valence-corrected chi connectivity index (χ4v) is 2.86. The van der Waals surface area contributed by atoms with E-state index in [-0.39, 0.29) is 5.50 Å². The van der Waals surface area contributed by atoms with Crippen molar-refractivity contribution in [3.05, 3.63) is 29.3 Å². The molecule has 1 aromatic carbocycles. The Morgan fingerprint density at radius 3 is 3.14 bits per heavy atom. The minimum atomic E-state index is -0.0628. The van der Waals surface area contributed by atoms with E-state index < -0.39 is 0 Å². The van der Waals surface area contributed by atoms with Gasteiger partial charge in [0.2, 0.25) is 0 Å². The van der Waals surface area contributed by atoms with E-state index in [4.69, 9.17) is 11.6 Å². The van der Waals surface area contributed by atoms with Gasteiger partial charge in [0, 0.05) is 4.90 Å². The molecule has 2 rings (SSSR count). The quantitative estimate of drug-likeness (QED) is 0.615. The zero-order valence-corrected chi connectivity index (χ0v) is 9.79. The van der Waals surface area contributed by atoms with Gasteiger partial charge in [-0.05, 0) is 42.8 Å². The molecule has 0 aliphatic carbocycles. The molecule has 1 unspecified atom stereocenters. The zero-order chi connectivity index (χ0) is 9.97. The summed E-state index contributed by atoms with van der Waals surface area (Å²) < 4.78 is 0. The lowest BCUT2D eigenvalue weighted by molar-refractivity contribution is 0.777. The summed E-state index contributed by atoms with van der Waals surface area (Å²) in [5, 5.41) is 3.05. The van der Waals surface area contributed by atoms with Crippen LogP contribution in [0, 0.1) is 0 Å². The van der Waals surface area contributed by atoms with E-state index >= 15 is 0 Å². The van der Waals surface area contributed by atoms with Crippen LogP contribution in [0.1, 0.15) is 23.0 Å². The highest BCUT2D eigenvalue weighted by Crippen LogP contribution is 2.32. The Balaban J connectivity index is 2.29. The molecule has 0 bridgehead atoms. The van der Waals surface area contributed by atoms with Crippen LogP contribution in [-0.4, -0.2) is 12.8 Å². The highest BCUT2D eigenvalue weighted by atomic mass is 35.5. The molecule has 1 aliphatic heterocycles. The summed E-state index contributed by atoms with van der Waals surface area (Å²) in [5.41, 5.74) is 2.57. The summed E-state index contributed by atoms with van der Waals surface area (Å²) in [6.07, 6.45) is 2.48. The molecule has 1 aliphatic rings. The molecule has 0 radical (unpaired) electrons. The van der Waals surface area contributed by atoms with Gasteiger partial charge in [-0.2, -0.15) is 0 Å². The molecule has 1 nitrogen and oxygen atoms in total. The lowest BCUT2D eigenvalue weighted by atomic mass is 10.1. The second-order valence-corrected chi connectivity index (χ2v) is 5.04. The summed E-state index contributed by atoms with van der Waals surface area (Å²) in [6.45, 7) is 0. The van der Waals surface area contributed by atoms with Crippen molar-refractivity contribution in [1.29, 1.82) is 0 Å². The number of rotatable bonds is 2. The van der Waals surface area contributed by atoms with Gasteiger partial charge >= 0.3 is 0 Å². The summed E-state index contributed by atoms with van der Waals surface area (Å²) in [6, 6.07) is 6.54. The number of fused-ring (bicyclic) bond motifs is 1. The Kier molecular flexibility index (Phi) is 3.37. The molecule has 3 heteroatoms. The van der Waals surface area contributed by atoms with E-state index in [9.17, 15) is 0 Å². The van der Waals surface area contributed by atoms with Crippen LogP contribution >= 0.6 is 23.4 Å². The maximum atomic E-state index is 6.12. The molecule has 1 aromatic rings. The Bertz CT molecular complexity index is 327. The van der Waals surface area contributed by atoms with Crippen molar-refractivity contribution in [1.82, 2.24) is 5.32 Å². The number of hydrogen-bond donors (Lipinski definition) is 1. The Morgan fingerprint density at radius 2 is 2.36 bits per heavy atom. The smallest absolute Gasteiger partial charge is 0.108 e. The molecule has 0 spiro atoms. The molecule has 1 heterocycles. The number of nitrogens with one attached hydrogen (secondary N) is 1. The topological polar surface area (TPSA) is 12.0 Å². The number of alkyl halides is 1. The normalized spacial score (nSPS) is 17.6. The second kappa shape index (κ2) is 4.56. The first-order chi connectivity index (χ1) is 6.81. The molecule has 0 aromatic heterocycles. The van der Waals surface area contributed by atoms with Crippen LogP contribution in [0.25, 0.3) is 0 Å². The van der Waals surface area contributed by atoms with Gasteiger partial charge in [0.05, 0.1) is 0 Å². The van der Waals surface area contributed by atoms with Gasteiger partial charge in [0.1, 0.15) is 5.50 Å². The molecule has 14 heavy (non-hydrogen) atoms. The van der Waals surface area contributed by atoms with Crippen LogP contribution in [0.3, 0.4) is 0 Å². The molecule has 0 amide bonds. The van der Waals surface area contributed by atoms with Crippen molar-refractivity contribution in [3.63, 3.8) is 0 Å². The highest BCUT2D eigenvalue weighted by molar-refractivity contribution is 7.99. The molecule has 0 fully saturated rings. The van der Waals surface area contributed by atoms with E-state index in [1.165, 1.54) is 34.6 Å². The summed E-state index contributed by atoms with van der Waals surface area (Å²) in [7, 11) is 1.88. The van der Waals surface area contributed by atoms with Gasteiger partial charge in [0.15, 0.2) is 0 Å². The molecule has 76 valence electrons. The standard InChI is InChI=1S/C11H14ClNS/c1-13-11(12)9-4-5-10-8(7-9)3-2-6-14-10/h4-5,7,11,13H,2-3,6H2,1H3. The lowest BCUT2D eigenvalue weighted by Crippen LogP contribution is -2.10. The summed E-state index contributed by atoms with van der Waals surface area (Å²) in [5.74, 6) is 1.25. The number of benzene rings is 1. The second-order valence-electron chi connectivity index (χ2n) is 3.47. The minimum absolute atomic E-state index is 0.0628. The maximum absolute atomic E-state index is 6.12. The van der Waals surface area contributed by atoms with Crippen LogP contribution in [0.4, 0.5) is 0 Å². The van der Waals surface area contributed by atoms with E-state index in [1.54, 1.807) is 0 Å². The Labute approximate surface area is 94.2 Å². The van der Waals surface area contributed by atoms with Crippen molar-refractivity contribution in [3.8, 4) is 0 Å². The molecule has 0 saturated heterocycles. The van der Waals surface area contributed by atoms with Gasteiger partial charge in [-0.25, -0.2) is 0 Å². The fourth-order valence-electron chi connectivity index (χ4n) is 1.70. The third-order valence-corrected chi connectivity index (χ3v) is 4.15. The monoisotopic (exact) mass is 227 g/mol. The number of hydrogen-bond acceptors (Lipinski definition) is 2. The van der Waals surface area contributed by atoms with Crippen molar-refractivity contribution >= 4 is 23.4 Å². The minimum Gasteiger partial charge on any atom is -0.301 e. The van der Waals surface area contributed by atoms with Gasteiger partial charge in [-0.3, -0.25) is 0 Å². The summed E-state index contributed by atoms with van der Waals surface area (Å²) >= 11 is 8.07. The first kappa shape index (κ1) is 10.3. The van der Waals surface area contributed by atoms with Gasteiger partial charge in [-0.1, -0.05) is 12.1 Å².